The van der Waals surface area contributed by atoms with Crippen molar-refractivity contribution in [3.8, 4) is 0 Å². The van der Waals surface area contributed by atoms with Gasteiger partial charge in [-0.15, -0.1) is 17.9 Å². The van der Waals surface area contributed by atoms with Crippen molar-refractivity contribution in [1.82, 2.24) is 9.55 Å². The predicted molar refractivity (Wildman–Crippen MR) is 122 cm³/mol. The number of rotatable bonds is 5. The van der Waals surface area contributed by atoms with Crippen LogP contribution in [0.15, 0.2) is 46.9 Å². The first-order valence-electron chi connectivity index (χ1n) is 9.34. The standard InChI is InChI=1S/C21H20N4O3S2/c1-4-9-24-20(28)18-12(2)13(3)30-19(18)23-21(24)29-11-17(27)25-10-16(26)22-14-7-5-6-8-15(14)25/h4-8H,1,9-11H2,2-3H3,(H,22,26). The zero-order valence-corrected chi connectivity index (χ0v) is 18.2. The Balaban J connectivity index is 1.64. The Morgan fingerprint density at radius 3 is 2.87 bits per heavy atom. The van der Waals surface area contributed by atoms with Crippen molar-refractivity contribution in [3.63, 3.8) is 0 Å². The van der Waals surface area contributed by atoms with E-state index in [9.17, 15) is 14.4 Å². The van der Waals surface area contributed by atoms with Crippen molar-refractivity contribution >= 4 is 56.5 Å². The molecule has 0 bridgehead atoms. The molecule has 0 spiro atoms. The van der Waals surface area contributed by atoms with Crippen LogP contribution in [0, 0.1) is 13.8 Å². The van der Waals surface area contributed by atoms with Crippen molar-refractivity contribution in [1.29, 1.82) is 0 Å². The van der Waals surface area contributed by atoms with Gasteiger partial charge in [0.15, 0.2) is 5.16 Å². The minimum Gasteiger partial charge on any atom is -0.323 e. The summed E-state index contributed by atoms with van der Waals surface area (Å²) in [7, 11) is 0. The van der Waals surface area contributed by atoms with E-state index in [1.807, 2.05) is 19.9 Å². The molecule has 2 amide bonds. The molecule has 0 fully saturated rings. The van der Waals surface area contributed by atoms with Crippen molar-refractivity contribution < 1.29 is 9.59 Å². The molecule has 7 nitrogen and oxygen atoms in total. The lowest BCUT2D eigenvalue weighted by Crippen LogP contribution is -2.43. The van der Waals surface area contributed by atoms with Gasteiger partial charge in [-0.2, -0.15) is 0 Å². The number of allylic oxidation sites excluding steroid dienone is 1. The minimum atomic E-state index is -0.236. The van der Waals surface area contributed by atoms with Crippen LogP contribution >= 0.6 is 23.1 Å². The average Bonchev–Trinajstić information content (AvgIpc) is 3.01. The SMILES string of the molecule is C=CCn1c(SCC(=O)N2CC(=O)Nc3ccccc32)nc2sc(C)c(C)c2c1=O. The van der Waals surface area contributed by atoms with Gasteiger partial charge in [0, 0.05) is 11.4 Å². The largest absolute Gasteiger partial charge is 0.323 e. The quantitative estimate of drug-likeness (QED) is 0.374. The summed E-state index contributed by atoms with van der Waals surface area (Å²) in [6.45, 7) is 7.89. The molecule has 30 heavy (non-hydrogen) atoms. The molecule has 1 aliphatic heterocycles. The Hall–Kier alpha value is -2.91. The topological polar surface area (TPSA) is 84.3 Å². The van der Waals surface area contributed by atoms with E-state index < -0.39 is 0 Å². The molecule has 3 aromatic rings. The van der Waals surface area contributed by atoms with E-state index in [0.717, 1.165) is 10.4 Å². The Morgan fingerprint density at radius 1 is 1.33 bits per heavy atom. The number of benzene rings is 1. The smallest absolute Gasteiger partial charge is 0.263 e. The van der Waals surface area contributed by atoms with Crippen LogP contribution in [0.25, 0.3) is 10.2 Å². The molecule has 4 rings (SSSR count). The van der Waals surface area contributed by atoms with Gasteiger partial charge in [-0.1, -0.05) is 30.0 Å². The summed E-state index contributed by atoms with van der Waals surface area (Å²) in [5.74, 6) is -0.403. The zero-order chi connectivity index (χ0) is 21.4. The summed E-state index contributed by atoms with van der Waals surface area (Å²) in [6, 6.07) is 7.19. The molecule has 0 saturated heterocycles. The molecule has 0 radical (unpaired) electrons. The second-order valence-corrected chi connectivity index (χ2v) is 9.04. The highest BCUT2D eigenvalue weighted by atomic mass is 32.2. The number of amides is 2. The number of anilines is 2. The lowest BCUT2D eigenvalue weighted by atomic mass is 10.2. The molecule has 0 aliphatic carbocycles. The molecule has 9 heteroatoms. The van der Waals surface area contributed by atoms with Crippen LogP contribution in [-0.2, 0) is 16.1 Å². The van der Waals surface area contributed by atoms with Crippen LogP contribution in [0.5, 0.6) is 0 Å². The number of fused-ring (bicyclic) bond motifs is 2. The summed E-state index contributed by atoms with van der Waals surface area (Å²) < 4.78 is 1.54. The molecule has 1 aliphatic rings. The number of nitrogens with zero attached hydrogens (tertiary/aromatic N) is 3. The fraction of sp³-hybridized carbons (Fsp3) is 0.238. The first-order chi connectivity index (χ1) is 14.4. The third-order valence-corrected chi connectivity index (χ3v) is 7.02. The van der Waals surface area contributed by atoms with Crippen molar-refractivity contribution in [2.75, 3.05) is 22.5 Å². The monoisotopic (exact) mass is 440 g/mol. The Morgan fingerprint density at radius 2 is 2.10 bits per heavy atom. The van der Waals surface area contributed by atoms with E-state index in [4.69, 9.17) is 0 Å². The van der Waals surface area contributed by atoms with Crippen LogP contribution in [0.1, 0.15) is 10.4 Å². The van der Waals surface area contributed by atoms with Crippen LogP contribution in [-0.4, -0.2) is 33.7 Å². The normalized spacial score (nSPS) is 13.3. The van der Waals surface area contributed by atoms with Gasteiger partial charge in [0.2, 0.25) is 11.8 Å². The van der Waals surface area contributed by atoms with E-state index in [-0.39, 0.29) is 29.7 Å². The van der Waals surface area contributed by atoms with Gasteiger partial charge >= 0.3 is 0 Å². The molecular weight excluding hydrogens is 420 g/mol. The van der Waals surface area contributed by atoms with Gasteiger partial charge < -0.3 is 10.2 Å². The molecule has 0 atom stereocenters. The maximum absolute atomic E-state index is 13.0. The number of thiophene rings is 1. The van der Waals surface area contributed by atoms with Crippen LogP contribution in [0.4, 0.5) is 11.4 Å². The molecule has 2 aromatic heterocycles. The fourth-order valence-electron chi connectivity index (χ4n) is 3.37. The van der Waals surface area contributed by atoms with Gasteiger partial charge in [-0.3, -0.25) is 19.0 Å². The summed E-state index contributed by atoms with van der Waals surface area (Å²) in [5, 5.41) is 3.86. The molecule has 154 valence electrons. The summed E-state index contributed by atoms with van der Waals surface area (Å²) >= 11 is 2.67. The first kappa shape index (κ1) is 20.4. The Bertz CT molecular complexity index is 1250. The Labute approximate surface area is 181 Å². The van der Waals surface area contributed by atoms with Gasteiger partial charge in [0.05, 0.1) is 22.5 Å². The zero-order valence-electron chi connectivity index (χ0n) is 16.6. The van der Waals surface area contributed by atoms with Crippen LogP contribution < -0.4 is 15.8 Å². The number of nitrogens with one attached hydrogen (secondary N) is 1. The lowest BCUT2D eigenvalue weighted by molar-refractivity contribution is -0.120. The average molecular weight is 441 g/mol. The maximum Gasteiger partial charge on any atom is 0.263 e. The summed E-state index contributed by atoms with van der Waals surface area (Å²) in [6.07, 6.45) is 1.64. The van der Waals surface area contributed by atoms with E-state index in [1.165, 1.54) is 28.0 Å². The van der Waals surface area contributed by atoms with E-state index in [1.54, 1.807) is 28.8 Å². The Kier molecular flexibility index (Phi) is 5.48. The number of aryl methyl sites for hydroxylation is 2. The van der Waals surface area contributed by atoms with Crippen molar-refractivity contribution in [2.24, 2.45) is 0 Å². The number of thioether (sulfide) groups is 1. The predicted octanol–water partition coefficient (Wildman–Crippen LogP) is 3.34. The highest BCUT2D eigenvalue weighted by molar-refractivity contribution is 7.99. The van der Waals surface area contributed by atoms with Crippen molar-refractivity contribution in [3.05, 3.63) is 57.7 Å². The number of para-hydroxylation sites is 2. The van der Waals surface area contributed by atoms with Gasteiger partial charge in [-0.25, -0.2) is 4.98 Å². The molecule has 1 N–H and O–H groups in total. The highest BCUT2D eigenvalue weighted by Gasteiger charge is 2.27. The highest BCUT2D eigenvalue weighted by Crippen LogP contribution is 2.31. The lowest BCUT2D eigenvalue weighted by Gasteiger charge is -2.29. The van der Waals surface area contributed by atoms with E-state index in [2.05, 4.69) is 16.9 Å². The number of hydrogen-bond acceptors (Lipinski definition) is 6. The summed E-state index contributed by atoms with van der Waals surface area (Å²) in [5.41, 5.74) is 2.09. The van der Waals surface area contributed by atoms with Crippen LogP contribution in [0.2, 0.25) is 0 Å². The van der Waals surface area contributed by atoms with E-state index >= 15 is 0 Å². The second-order valence-electron chi connectivity index (χ2n) is 6.90. The third-order valence-electron chi connectivity index (χ3n) is 4.96. The number of aromatic nitrogens is 2. The number of hydrogen-bond donors (Lipinski definition) is 1. The molecule has 3 heterocycles. The third kappa shape index (κ3) is 3.54. The van der Waals surface area contributed by atoms with Crippen molar-refractivity contribution in [2.45, 2.75) is 25.5 Å². The fourth-order valence-corrected chi connectivity index (χ4v) is 5.32. The number of carbonyl (C=O) groups excluding carboxylic acids is 2. The first-order valence-corrected chi connectivity index (χ1v) is 11.1. The molecule has 0 unspecified atom stereocenters. The molecular formula is C21H20N4O3S2. The summed E-state index contributed by atoms with van der Waals surface area (Å²) in [4.78, 5) is 45.8. The van der Waals surface area contributed by atoms with E-state index in [0.29, 0.717) is 33.3 Å². The maximum atomic E-state index is 13.0. The second kappa shape index (κ2) is 8.08. The number of carbonyl (C=O) groups is 2. The minimum absolute atomic E-state index is 0.0361. The molecule has 1 aromatic carbocycles. The van der Waals surface area contributed by atoms with Gasteiger partial charge in [0.1, 0.15) is 11.4 Å². The van der Waals surface area contributed by atoms with Gasteiger partial charge in [-0.05, 0) is 31.5 Å². The molecule has 0 saturated carbocycles. The van der Waals surface area contributed by atoms with Crippen LogP contribution in [0.3, 0.4) is 0 Å². The van der Waals surface area contributed by atoms with Gasteiger partial charge in [0.25, 0.3) is 5.56 Å².